The van der Waals surface area contributed by atoms with Gasteiger partial charge in [-0.25, -0.2) is 4.90 Å². The van der Waals surface area contributed by atoms with Crippen LogP contribution in [0.25, 0.3) is 0 Å². The summed E-state index contributed by atoms with van der Waals surface area (Å²) >= 11 is 0.901. The topological polar surface area (TPSA) is 108 Å². The standard InChI is InChI=1S/C16H16N4O5S/c1-8(21)17-15-18-20(10(3)23)16(26-15)12-7-11(25-4)5-6-13(12)19(9(2)22)14(16)24/h5-7H,1-4H3,(H,17,18,21)/t16-/m0/s1. The number of imide groups is 1. The lowest BCUT2D eigenvalue weighted by atomic mass is 10.1. The maximum atomic E-state index is 13.2. The Morgan fingerprint density at radius 2 is 1.88 bits per heavy atom. The van der Waals surface area contributed by atoms with Crippen LogP contribution < -0.4 is 15.0 Å². The molecule has 2 aliphatic heterocycles. The average molecular weight is 376 g/mol. The van der Waals surface area contributed by atoms with Crippen LogP contribution in [0.2, 0.25) is 0 Å². The number of amidine groups is 1. The largest absolute Gasteiger partial charge is 0.497 e. The molecule has 2 heterocycles. The van der Waals surface area contributed by atoms with Gasteiger partial charge in [0.25, 0.3) is 5.91 Å². The summed E-state index contributed by atoms with van der Waals surface area (Å²) in [5.41, 5.74) is 0.739. The van der Waals surface area contributed by atoms with Crippen molar-refractivity contribution < 1.29 is 23.9 Å². The summed E-state index contributed by atoms with van der Waals surface area (Å²) in [6.07, 6.45) is 0. The summed E-state index contributed by atoms with van der Waals surface area (Å²) < 4.78 is 5.23. The molecule has 1 atom stereocenters. The Balaban J connectivity index is 2.23. The van der Waals surface area contributed by atoms with Gasteiger partial charge >= 0.3 is 0 Å². The number of anilines is 1. The molecule has 0 saturated heterocycles. The number of nitrogens with zero attached hydrogens (tertiary/aromatic N) is 3. The van der Waals surface area contributed by atoms with E-state index in [0.717, 1.165) is 21.7 Å². The van der Waals surface area contributed by atoms with Gasteiger partial charge in [-0.2, -0.15) is 5.01 Å². The molecular formula is C16H16N4O5S. The normalized spacial score (nSPS) is 20.9. The number of carbonyl (C=O) groups excluding carboxylic acids is 4. The molecule has 0 unspecified atom stereocenters. The van der Waals surface area contributed by atoms with Crippen molar-refractivity contribution >= 4 is 46.2 Å². The van der Waals surface area contributed by atoms with Crippen LogP contribution >= 0.6 is 11.8 Å². The number of hydrazone groups is 1. The fourth-order valence-corrected chi connectivity index (χ4v) is 4.26. The van der Waals surface area contributed by atoms with E-state index in [1.165, 1.54) is 27.9 Å². The lowest BCUT2D eigenvalue weighted by Gasteiger charge is -2.29. The number of fused-ring (bicyclic) bond motifs is 2. The Bertz CT molecular complexity index is 883. The number of hydrogen-bond acceptors (Lipinski definition) is 7. The predicted molar refractivity (Wildman–Crippen MR) is 94.2 cm³/mol. The highest BCUT2D eigenvalue weighted by Crippen LogP contribution is 2.55. The summed E-state index contributed by atoms with van der Waals surface area (Å²) in [4.78, 5) is 48.4. The van der Waals surface area contributed by atoms with E-state index in [9.17, 15) is 19.2 Å². The first-order valence-corrected chi connectivity index (χ1v) is 8.43. The van der Waals surface area contributed by atoms with Gasteiger partial charge in [0.15, 0.2) is 5.17 Å². The lowest BCUT2D eigenvalue weighted by Crippen LogP contribution is -2.49. The Hall–Kier alpha value is -2.88. The van der Waals surface area contributed by atoms with E-state index in [4.69, 9.17) is 4.74 Å². The third-order valence-corrected chi connectivity index (χ3v) is 5.17. The summed E-state index contributed by atoms with van der Waals surface area (Å²) in [7, 11) is 1.47. The van der Waals surface area contributed by atoms with E-state index in [-0.39, 0.29) is 5.17 Å². The number of amides is 4. The number of nitrogens with one attached hydrogen (secondary N) is 1. The van der Waals surface area contributed by atoms with Gasteiger partial charge < -0.3 is 10.1 Å². The zero-order chi connectivity index (χ0) is 19.2. The number of carbonyl (C=O) groups is 4. The smallest absolute Gasteiger partial charge is 0.277 e. The second-order valence-corrected chi connectivity index (χ2v) is 6.89. The maximum absolute atomic E-state index is 13.2. The van der Waals surface area contributed by atoms with E-state index in [0.29, 0.717) is 17.0 Å². The van der Waals surface area contributed by atoms with Crippen LogP contribution in [0.15, 0.2) is 23.3 Å². The van der Waals surface area contributed by atoms with Crippen molar-refractivity contribution in [2.24, 2.45) is 5.10 Å². The van der Waals surface area contributed by atoms with Crippen LogP contribution in [0.4, 0.5) is 5.69 Å². The van der Waals surface area contributed by atoms with Crippen LogP contribution in [0.3, 0.4) is 0 Å². The van der Waals surface area contributed by atoms with E-state index in [1.54, 1.807) is 18.2 Å². The van der Waals surface area contributed by atoms with Gasteiger partial charge in [0.1, 0.15) is 5.75 Å². The third kappa shape index (κ3) is 2.45. The molecule has 0 aliphatic carbocycles. The van der Waals surface area contributed by atoms with E-state index >= 15 is 0 Å². The number of thioether (sulfide) groups is 1. The molecule has 26 heavy (non-hydrogen) atoms. The van der Waals surface area contributed by atoms with E-state index in [1.807, 2.05) is 0 Å². The van der Waals surface area contributed by atoms with Gasteiger partial charge in [-0.05, 0) is 30.0 Å². The van der Waals surface area contributed by atoms with Crippen LogP contribution in [0.5, 0.6) is 5.75 Å². The Morgan fingerprint density at radius 1 is 1.19 bits per heavy atom. The highest BCUT2D eigenvalue weighted by Gasteiger charge is 2.62. The maximum Gasteiger partial charge on any atom is 0.277 e. The van der Waals surface area contributed by atoms with Crippen molar-refractivity contribution in [3.63, 3.8) is 0 Å². The minimum atomic E-state index is -1.61. The van der Waals surface area contributed by atoms with E-state index in [2.05, 4.69) is 10.4 Å². The molecule has 0 saturated carbocycles. The van der Waals surface area contributed by atoms with Crippen LogP contribution in [0, 0.1) is 0 Å². The molecule has 1 spiro atoms. The highest BCUT2D eigenvalue weighted by molar-refractivity contribution is 8.15. The van der Waals surface area contributed by atoms with Crippen molar-refractivity contribution in [1.82, 2.24) is 10.3 Å². The first-order valence-electron chi connectivity index (χ1n) is 7.62. The van der Waals surface area contributed by atoms with Crippen LogP contribution in [-0.2, 0) is 24.0 Å². The number of hydrogen-bond donors (Lipinski definition) is 1. The molecule has 3 rings (SSSR count). The number of rotatable bonds is 1. The molecule has 1 aromatic rings. The monoisotopic (exact) mass is 376 g/mol. The van der Waals surface area contributed by atoms with Gasteiger partial charge in [0.2, 0.25) is 22.6 Å². The minimum absolute atomic E-state index is 0.0974. The lowest BCUT2D eigenvalue weighted by molar-refractivity contribution is -0.140. The molecule has 0 bridgehead atoms. The summed E-state index contributed by atoms with van der Waals surface area (Å²) in [6, 6.07) is 4.79. The number of ether oxygens (including phenoxy) is 1. The molecule has 4 amide bonds. The predicted octanol–water partition coefficient (Wildman–Crippen LogP) is 0.743. The van der Waals surface area contributed by atoms with Crippen LogP contribution in [0.1, 0.15) is 26.3 Å². The summed E-state index contributed by atoms with van der Waals surface area (Å²) in [6.45, 7) is 3.81. The second-order valence-electron chi connectivity index (χ2n) is 5.71. The van der Waals surface area contributed by atoms with Crippen molar-refractivity contribution in [2.75, 3.05) is 12.0 Å². The molecule has 10 heteroatoms. The second kappa shape index (κ2) is 6.13. The van der Waals surface area contributed by atoms with Crippen molar-refractivity contribution in [3.8, 4) is 5.75 Å². The highest BCUT2D eigenvalue weighted by atomic mass is 32.2. The molecule has 2 aliphatic rings. The minimum Gasteiger partial charge on any atom is -0.497 e. The zero-order valence-electron chi connectivity index (χ0n) is 14.5. The molecular weight excluding hydrogens is 360 g/mol. The quantitative estimate of drug-likeness (QED) is 0.775. The SMILES string of the molecule is COc1ccc2c(c1)[C@]1(SC(NC(C)=O)=NN1C(C)=O)C(=O)N2C(C)=O. The third-order valence-electron chi connectivity index (χ3n) is 3.93. The molecule has 1 aromatic carbocycles. The first kappa shape index (κ1) is 17.9. The molecule has 9 nitrogen and oxygen atoms in total. The number of benzene rings is 1. The Labute approximate surface area is 153 Å². The first-order chi connectivity index (χ1) is 12.2. The Kier molecular flexibility index (Phi) is 4.23. The summed E-state index contributed by atoms with van der Waals surface area (Å²) in [5.74, 6) is -1.56. The van der Waals surface area contributed by atoms with Crippen molar-refractivity contribution in [2.45, 2.75) is 25.6 Å². The molecule has 0 fully saturated rings. The van der Waals surface area contributed by atoms with Gasteiger partial charge in [-0.3, -0.25) is 19.2 Å². The summed E-state index contributed by atoms with van der Waals surface area (Å²) in [5, 5.41) is 7.68. The average Bonchev–Trinajstić information content (AvgIpc) is 3.04. The van der Waals surface area contributed by atoms with Gasteiger partial charge in [-0.15, -0.1) is 5.10 Å². The van der Waals surface area contributed by atoms with E-state index < -0.39 is 28.5 Å². The van der Waals surface area contributed by atoms with Crippen molar-refractivity contribution in [1.29, 1.82) is 0 Å². The molecule has 0 aromatic heterocycles. The molecule has 1 N–H and O–H groups in total. The van der Waals surface area contributed by atoms with Crippen molar-refractivity contribution in [3.05, 3.63) is 23.8 Å². The molecule has 0 radical (unpaired) electrons. The fraction of sp³-hybridized carbons (Fsp3) is 0.312. The van der Waals surface area contributed by atoms with Crippen LogP contribution in [-0.4, -0.2) is 40.9 Å². The molecule has 136 valence electrons. The Morgan fingerprint density at radius 3 is 2.42 bits per heavy atom. The van der Waals surface area contributed by atoms with Gasteiger partial charge in [0.05, 0.1) is 12.8 Å². The number of methoxy groups -OCH3 is 1. The fourth-order valence-electron chi connectivity index (χ4n) is 2.96. The zero-order valence-corrected chi connectivity index (χ0v) is 15.3. The van der Waals surface area contributed by atoms with Gasteiger partial charge in [-0.1, -0.05) is 0 Å². The van der Waals surface area contributed by atoms with Gasteiger partial charge in [0, 0.05) is 26.3 Å².